The second-order valence-electron chi connectivity index (χ2n) is 5.83. The summed E-state index contributed by atoms with van der Waals surface area (Å²) in [6, 6.07) is 5.12. The van der Waals surface area contributed by atoms with E-state index < -0.39 is 11.9 Å². The number of ether oxygens (including phenoxy) is 2. The molecule has 0 aliphatic heterocycles. The largest absolute Gasteiger partial charge is 0.465 e. The highest BCUT2D eigenvalue weighted by Gasteiger charge is 2.37. The second-order valence-corrected chi connectivity index (χ2v) is 5.83. The highest BCUT2D eigenvalue weighted by Crippen LogP contribution is 2.39. The van der Waals surface area contributed by atoms with Crippen molar-refractivity contribution in [3.05, 3.63) is 35.0 Å². The number of methoxy groups -OCH3 is 2. The molecule has 0 amide bonds. The third-order valence-corrected chi connectivity index (χ3v) is 4.39. The van der Waals surface area contributed by atoms with Crippen LogP contribution in [-0.2, 0) is 28.9 Å². The maximum absolute atomic E-state index is 13.9. The van der Waals surface area contributed by atoms with Gasteiger partial charge in [0.15, 0.2) is 0 Å². The summed E-state index contributed by atoms with van der Waals surface area (Å²) in [5.74, 6) is -3.16. The number of aromatic nitrogens is 1. The number of carbonyl (C=O) groups is 1. The smallest absolute Gasteiger partial charge is 0.337 e. The van der Waals surface area contributed by atoms with Gasteiger partial charge in [0.05, 0.1) is 19.3 Å². The average molecular weight is 323 g/mol. The van der Waals surface area contributed by atoms with Crippen LogP contribution in [0.1, 0.15) is 28.0 Å². The van der Waals surface area contributed by atoms with Crippen molar-refractivity contribution in [1.29, 1.82) is 0 Å². The molecule has 3 rings (SSSR count). The Labute approximate surface area is 133 Å². The van der Waals surface area contributed by atoms with Crippen molar-refractivity contribution in [2.45, 2.75) is 31.7 Å². The molecule has 1 aromatic carbocycles. The van der Waals surface area contributed by atoms with E-state index in [-0.39, 0.29) is 12.8 Å². The lowest BCUT2D eigenvalue weighted by molar-refractivity contribution is -0.0126. The van der Waals surface area contributed by atoms with Crippen LogP contribution in [0.5, 0.6) is 0 Å². The molecule has 0 radical (unpaired) electrons. The normalized spacial score (nSPS) is 16.3. The summed E-state index contributed by atoms with van der Waals surface area (Å²) in [7, 11) is 2.92. The minimum atomic E-state index is -2.70. The zero-order chi connectivity index (χ0) is 16.6. The van der Waals surface area contributed by atoms with Crippen LogP contribution in [0.4, 0.5) is 8.78 Å². The van der Waals surface area contributed by atoms with Crippen LogP contribution in [0.15, 0.2) is 18.2 Å². The van der Waals surface area contributed by atoms with Crippen LogP contribution < -0.4 is 0 Å². The Balaban J connectivity index is 2.17. The lowest BCUT2D eigenvalue weighted by Gasteiger charge is -2.23. The van der Waals surface area contributed by atoms with E-state index in [0.29, 0.717) is 36.1 Å². The SMILES string of the molecule is COCCn1c2c(c3cc(C(=O)OC)ccc31)CC(F)(F)CC2. The topological polar surface area (TPSA) is 40.5 Å². The van der Waals surface area contributed by atoms with Crippen LogP contribution in [0.3, 0.4) is 0 Å². The molecule has 0 fully saturated rings. The molecule has 0 spiro atoms. The van der Waals surface area contributed by atoms with Gasteiger partial charge in [0, 0.05) is 43.1 Å². The van der Waals surface area contributed by atoms with Gasteiger partial charge in [-0.2, -0.15) is 0 Å². The van der Waals surface area contributed by atoms with Crippen molar-refractivity contribution in [2.24, 2.45) is 0 Å². The molecule has 0 atom stereocenters. The molecule has 1 aliphatic rings. The fourth-order valence-electron chi connectivity index (χ4n) is 3.29. The zero-order valence-electron chi connectivity index (χ0n) is 13.2. The van der Waals surface area contributed by atoms with E-state index in [9.17, 15) is 13.6 Å². The first-order valence-electron chi connectivity index (χ1n) is 7.56. The first kappa shape index (κ1) is 15.9. The molecular weight excluding hydrogens is 304 g/mol. The van der Waals surface area contributed by atoms with Crippen molar-refractivity contribution in [3.8, 4) is 0 Å². The molecule has 0 saturated heterocycles. The predicted molar refractivity (Wildman–Crippen MR) is 82.1 cm³/mol. The van der Waals surface area contributed by atoms with Gasteiger partial charge in [0.2, 0.25) is 0 Å². The number of halogens is 2. The van der Waals surface area contributed by atoms with E-state index in [0.717, 1.165) is 11.2 Å². The van der Waals surface area contributed by atoms with Crippen LogP contribution in [-0.4, -0.2) is 37.3 Å². The highest BCUT2D eigenvalue weighted by molar-refractivity contribution is 5.96. The van der Waals surface area contributed by atoms with E-state index in [1.807, 2.05) is 4.57 Å². The summed E-state index contributed by atoms with van der Waals surface area (Å²) < 4.78 is 39.6. The minimum Gasteiger partial charge on any atom is -0.465 e. The molecule has 124 valence electrons. The van der Waals surface area contributed by atoms with Crippen molar-refractivity contribution >= 4 is 16.9 Å². The number of rotatable bonds is 4. The van der Waals surface area contributed by atoms with Crippen molar-refractivity contribution in [2.75, 3.05) is 20.8 Å². The third kappa shape index (κ3) is 2.83. The summed E-state index contributed by atoms with van der Waals surface area (Å²) in [6.07, 6.45) is -0.106. The van der Waals surface area contributed by atoms with E-state index in [4.69, 9.17) is 9.47 Å². The summed E-state index contributed by atoms with van der Waals surface area (Å²) in [5.41, 5.74) is 2.79. The third-order valence-electron chi connectivity index (χ3n) is 4.39. The lowest BCUT2D eigenvalue weighted by atomic mass is 9.92. The monoisotopic (exact) mass is 323 g/mol. The maximum atomic E-state index is 13.9. The molecule has 6 heteroatoms. The Morgan fingerprint density at radius 3 is 2.83 bits per heavy atom. The van der Waals surface area contributed by atoms with Gasteiger partial charge in [-0.3, -0.25) is 0 Å². The Morgan fingerprint density at radius 2 is 2.13 bits per heavy atom. The molecule has 0 N–H and O–H groups in total. The fourth-order valence-corrected chi connectivity index (χ4v) is 3.29. The molecule has 0 unspecified atom stereocenters. The maximum Gasteiger partial charge on any atom is 0.337 e. The summed E-state index contributed by atoms with van der Waals surface area (Å²) in [5, 5.41) is 0.707. The zero-order valence-corrected chi connectivity index (χ0v) is 13.2. The number of carbonyl (C=O) groups excluding carboxylic acids is 1. The number of alkyl halides is 2. The van der Waals surface area contributed by atoms with Crippen LogP contribution >= 0.6 is 0 Å². The van der Waals surface area contributed by atoms with Crippen molar-refractivity contribution in [3.63, 3.8) is 0 Å². The Kier molecular flexibility index (Phi) is 4.10. The minimum absolute atomic E-state index is 0.146. The lowest BCUT2D eigenvalue weighted by Crippen LogP contribution is -2.26. The van der Waals surface area contributed by atoms with Crippen LogP contribution in [0, 0.1) is 0 Å². The second kappa shape index (κ2) is 5.92. The van der Waals surface area contributed by atoms with Crippen LogP contribution in [0.2, 0.25) is 0 Å². The van der Waals surface area contributed by atoms with E-state index >= 15 is 0 Å². The summed E-state index contributed by atoms with van der Waals surface area (Å²) in [4.78, 5) is 11.7. The number of hydrogen-bond acceptors (Lipinski definition) is 3. The van der Waals surface area contributed by atoms with Gasteiger partial charge in [-0.15, -0.1) is 0 Å². The van der Waals surface area contributed by atoms with Gasteiger partial charge in [-0.05, 0) is 30.2 Å². The Bertz CT molecular complexity index is 752. The quantitative estimate of drug-likeness (QED) is 0.811. The van der Waals surface area contributed by atoms with Gasteiger partial charge in [-0.25, -0.2) is 13.6 Å². The van der Waals surface area contributed by atoms with Gasteiger partial charge in [0.25, 0.3) is 5.92 Å². The Hall–Kier alpha value is -1.95. The van der Waals surface area contributed by atoms with Crippen LogP contribution in [0.25, 0.3) is 10.9 Å². The first-order valence-corrected chi connectivity index (χ1v) is 7.56. The molecule has 0 bridgehead atoms. The van der Waals surface area contributed by atoms with Gasteiger partial charge >= 0.3 is 5.97 Å². The van der Waals surface area contributed by atoms with E-state index in [2.05, 4.69) is 0 Å². The molecule has 1 heterocycles. The summed E-state index contributed by atoms with van der Waals surface area (Å²) in [6.45, 7) is 1.11. The molecule has 2 aromatic rings. The number of fused-ring (bicyclic) bond motifs is 3. The van der Waals surface area contributed by atoms with E-state index in [1.54, 1.807) is 25.3 Å². The molecular formula is C17H19F2NO3. The molecule has 0 saturated carbocycles. The van der Waals surface area contributed by atoms with Gasteiger partial charge in [0.1, 0.15) is 0 Å². The number of benzene rings is 1. The Morgan fingerprint density at radius 1 is 1.35 bits per heavy atom. The number of nitrogens with zero attached hydrogens (tertiary/aromatic N) is 1. The molecule has 1 aliphatic carbocycles. The van der Waals surface area contributed by atoms with Gasteiger partial charge < -0.3 is 14.0 Å². The molecule has 1 aromatic heterocycles. The summed E-state index contributed by atoms with van der Waals surface area (Å²) >= 11 is 0. The standard InChI is InChI=1S/C17H19F2NO3/c1-22-8-7-20-14-4-3-11(16(21)23-2)9-12(14)13-10-17(18,19)6-5-15(13)20/h3-4,9H,5-8,10H2,1-2H3. The van der Waals surface area contributed by atoms with Crippen molar-refractivity contribution in [1.82, 2.24) is 4.57 Å². The van der Waals surface area contributed by atoms with E-state index in [1.165, 1.54) is 7.11 Å². The average Bonchev–Trinajstić information content (AvgIpc) is 2.83. The fraction of sp³-hybridized carbons (Fsp3) is 0.471. The predicted octanol–water partition coefficient (Wildman–Crippen LogP) is 3.20. The number of hydrogen-bond donors (Lipinski definition) is 0. The van der Waals surface area contributed by atoms with Crippen molar-refractivity contribution < 1.29 is 23.0 Å². The first-order chi connectivity index (χ1) is 11.0. The number of esters is 1. The molecule has 4 nitrogen and oxygen atoms in total. The molecule has 23 heavy (non-hydrogen) atoms. The highest BCUT2D eigenvalue weighted by atomic mass is 19.3. The van der Waals surface area contributed by atoms with Gasteiger partial charge in [-0.1, -0.05) is 0 Å².